The van der Waals surface area contributed by atoms with Gasteiger partial charge in [-0.3, -0.25) is 20.1 Å². The van der Waals surface area contributed by atoms with Crippen LogP contribution in [0.1, 0.15) is 22.5 Å². The van der Waals surface area contributed by atoms with Gasteiger partial charge in [-0.1, -0.05) is 0 Å². The average Bonchev–Trinajstić information content (AvgIpc) is 2.80. The van der Waals surface area contributed by atoms with E-state index in [1.54, 1.807) is 29.8 Å². The molecule has 2 rings (SSSR count). The first kappa shape index (κ1) is 18.7. The number of amides is 1. The van der Waals surface area contributed by atoms with Crippen molar-refractivity contribution in [3.05, 3.63) is 29.5 Å². The lowest BCUT2D eigenvalue weighted by molar-refractivity contribution is 0.0969. The van der Waals surface area contributed by atoms with Crippen molar-refractivity contribution in [1.29, 1.82) is 5.41 Å². The number of guanidine groups is 1. The summed E-state index contributed by atoms with van der Waals surface area (Å²) in [5.74, 6) is -0.760. The Hall–Kier alpha value is -2.59. The standard InChI is InChI=1S/C15H20N4O5S/c1-9-6-10(24-4-3-5-25(21,22)23)7-12-11(9)8-13(19(12)2)14(20)18-15(16)17/h6-8H,3-5H2,1-2H3,(H,21,22,23)(H4,16,17,18,20). The van der Waals surface area contributed by atoms with Crippen molar-refractivity contribution in [2.75, 3.05) is 12.4 Å². The molecule has 0 atom stereocenters. The predicted molar refractivity (Wildman–Crippen MR) is 93.6 cm³/mol. The number of carbonyl (C=O) groups excluding carboxylic acids is 1. The fraction of sp³-hybridized carbons (Fsp3) is 0.333. The number of benzene rings is 1. The number of hydrogen-bond acceptors (Lipinski definition) is 5. The monoisotopic (exact) mass is 368 g/mol. The normalized spacial score (nSPS) is 11.5. The minimum atomic E-state index is -4.00. The number of aryl methyl sites for hydroxylation is 2. The maximum atomic E-state index is 12.1. The molecule has 1 amide bonds. The summed E-state index contributed by atoms with van der Waals surface area (Å²) in [6.07, 6.45) is 0.162. The molecule has 9 nitrogen and oxygen atoms in total. The van der Waals surface area contributed by atoms with Crippen molar-refractivity contribution in [2.24, 2.45) is 12.8 Å². The molecule has 0 aliphatic heterocycles. The predicted octanol–water partition coefficient (Wildman–Crippen LogP) is 0.767. The van der Waals surface area contributed by atoms with Crippen LogP contribution in [0.3, 0.4) is 0 Å². The van der Waals surface area contributed by atoms with Crippen LogP contribution in [0, 0.1) is 12.3 Å². The van der Waals surface area contributed by atoms with Crippen molar-refractivity contribution in [3.63, 3.8) is 0 Å². The van der Waals surface area contributed by atoms with Crippen LogP contribution in [0.4, 0.5) is 0 Å². The van der Waals surface area contributed by atoms with Gasteiger partial charge < -0.3 is 15.0 Å². The van der Waals surface area contributed by atoms with Crippen molar-refractivity contribution >= 4 is 32.9 Å². The van der Waals surface area contributed by atoms with E-state index in [-0.39, 0.29) is 18.8 Å². The highest BCUT2D eigenvalue weighted by Crippen LogP contribution is 2.27. The van der Waals surface area contributed by atoms with Gasteiger partial charge in [0.05, 0.1) is 17.9 Å². The van der Waals surface area contributed by atoms with Gasteiger partial charge in [-0.25, -0.2) is 0 Å². The van der Waals surface area contributed by atoms with E-state index in [1.807, 2.05) is 6.92 Å². The zero-order valence-electron chi connectivity index (χ0n) is 13.9. The Balaban J connectivity index is 2.24. The van der Waals surface area contributed by atoms with Crippen molar-refractivity contribution < 1.29 is 22.5 Å². The SMILES string of the molecule is Cc1cc(OCCCS(=O)(=O)O)cc2c1cc(C(=O)NC(=N)N)n2C. The molecule has 0 radical (unpaired) electrons. The van der Waals surface area contributed by atoms with Crippen LogP contribution in [0.25, 0.3) is 10.9 Å². The first-order chi connectivity index (χ1) is 11.6. The van der Waals surface area contributed by atoms with E-state index in [0.29, 0.717) is 11.4 Å². The van der Waals surface area contributed by atoms with E-state index in [0.717, 1.165) is 16.5 Å². The summed E-state index contributed by atoms with van der Waals surface area (Å²) in [5, 5.41) is 10.2. The number of aromatic nitrogens is 1. The van der Waals surface area contributed by atoms with Gasteiger partial charge in [0.1, 0.15) is 11.4 Å². The number of fused-ring (bicyclic) bond motifs is 1. The molecular weight excluding hydrogens is 348 g/mol. The third-order valence-corrected chi connectivity index (χ3v) is 4.44. The third kappa shape index (κ3) is 4.70. The Labute approximate surface area is 145 Å². The third-order valence-electron chi connectivity index (χ3n) is 3.64. The van der Waals surface area contributed by atoms with E-state index in [1.165, 1.54) is 0 Å². The highest BCUT2D eigenvalue weighted by atomic mass is 32.2. The van der Waals surface area contributed by atoms with E-state index >= 15 is 0 Å². The van der Waals surface area contributed by atoms with Crippen LogP contribution in [-0.2, 0) is 17.2 Å². The van der Waals surface area contributed by atoms with Gasteiger partial charge in [-0.15, -0.1) is 0 Å². The average molecular weight is 368 g/mol. The number of nitrogens with two attached hydrogens (primary N) is 1. The Kier molecular flexibility index (Phi) is 5.33. The molecule has 2 aromatic rings. The number of nitrogens with one attached hydrogen (secondary N) is 2. The van der Waals surface area contributed by atoms with Crippen LogP contribution in [0.2, 0.25) is 0 Å². The quantitative estimate of drug-likeness (QED) is 0.256. The van der Waals surface area contributed by atoms with Gasteiger partial charge in [0, 0.05) is 18.5 Å². The molecule has 136 valence electrons. The maximum Gasteiger partial charge on any atom is 0.274 e. The molecule has 0 fully saturated rings. The number of ether oxygens (including phenoxy) is 1. The zero-order valence-corrected chi connectivity index (χ0v) is 14.7. The van der Waals surface area contributed by atoms with Crippen LogP contribution in [0.15, 0.2) is 18.2 Å². The lowest BCUT2D eigenvalue weighted by Crippen LogP contribution is -2.36. The molecule has 0 spiro atoms. The highest BCUT2D eigenvalue weighted by molar-refractivity contribution is 7.85. The van der Waals surface area contributed by atoms with Crippen LogP contribution < -0.4 is 15.8 Å². The molecule has 0 aliphatic rings. The maximum absolute atomic E-state index is 12.1. The van der Waals surface area contributed by atoms with E-state index < -0.39 is 22.0 Å². The molecule has 5 N–H and O–H groups in total. The Morgan fingerprint density at radius 3 is 2.68 bits per heavy atom. The van der Waals surface area contributed by atoms with E-state index in [9.17, 15) is 13.2 Å². The second-order valence-electron chi connectivity index (χ2n) is 5.62. The fourth-order valence-corrected chi connectivity index (χ4v) is 2.98. The lowest BCUT2D eigenvalue weighted by atomic mass is 10.1. The number of rotatable bonds is 6. The summed E-state index contributed by atoms with van der Waals surface area (Å²) in [4.78, 5) is 12.1. The molecule has 25 heavy (non-hydrogen) atoms. The Morgan fingerprint density at radius 1 is 1.40 bits per heavy atom. The number of carbonyl (C=O) groups is 1. The van der Waals surface area contributed by atoms with E-state index in [2.05, 4.69) is 5.32 Å². The second-order valence-corrected chi connectivity index (χ2v) is 7.19. The molecule has 1 aromatic carbocycles. The van der Waals surface area contributed by atoms with Gasteiger partial charge in [0.15, 0.2) is 5.96 Å². The fourth-order valence-electron chi connectivity index (χ4n) is 2.49. The van der Waals surface area contributed by atoms with Crippen LogP contribution in [-0.4, -0.2) is 41.8 Å². The van der Waals surface area contributed by atoms with Gasteiger partial charge in [0.2, 0.25) is 0 Å². The molecule has 0 aliphatic carbocycles. The van der Waals surface area contributed by atoms with E-state index in [4.69, 9.17) is 20.4 Å². The Morgan fingerprint density at radius 2 is 2.08 bits per heavy atom. The lowest BCUT2D eigenvalue weighted by Gasteiger charge is -2.09. The van der Waals surface area contributed by atoms with Crippen molar-refractivity contribution in [2.45, 2.75) is 13.3 Å². The van der Waals surface area contributed by atoms with Gasteiger partial charge in [-0.05, 0) is 31.0 Å². The van der Waals surface area contributed by atoms with Crippen molar-refractivity contribution in [1.82, 2.24) is 9.88 Å². The molecule has 0 saturated heterocycles. The smallest absolute Gasteiger partial charge is 0.274 e. The zero-order chi connectivity index (χ0) is 18.8. The molecule has 1 aromatic heterocycles. The summed E-state index contributed by atoms with van der Waals surface area (Å²) < 4.78 is 37.3. The number of nitrogens with zero attached hydrogens (tertiary/aromatic N) is 1. The molecule has 0 bridgehead atoms. The first-order valence-corrected chi connectivity index (χ1v) is 9.03. The molecule has 0 saturated carbocycles. The molecule has 10 heteroatoms. The largest absolute Gasteiger partial charge is 0.493 e. The Bertz CT molecular complexity index is 933. The van der Waals surface area contributed by atoms with Crippen molar-refractivity contribution in [3.8, 4) is 5.75 Å². The minimum absolute atomic E-state index is 0.132. The molecule has 1 heterocycles. The van der Waals surface area contributed by atoms with Gasteiger partial charge in [-0.2, -0.15) is 8.42 Å². The molecular formula is C15H20N4O5S. The van der Waals surface area contributed by atoms with Gasteiger partial charge in [0.25, 0.3) is 16.0 Å². The summed E-state index contributed by atoms with van der Waals surface area (Å²) >= 11 is 0. The first-order valence-electron chi connectivity index (χ1n) is 7.42. The van der Waals surface area contributed by atoms with Crippen LogP contribution >= 0.6 is 0 Å². The summed E-state index contributed by atoms with van der Waals surface area (Å²) in [6, 6.07) is 5.22. The summed E-state index contributed by atoms with van der Waals surface area (Å²) in [5.41, 5.74) is 7.16. The highest BCUT2D eigenvalue weighted by Gasteiger charge is 2.16. The minimum Gasteiger partial charge on any atom is -0.493 e. The topological polar surface area (TPSA) is 148 Å². The summed E-state index contributed by atoms with van der Waals surface area (Å²) in [6.45, 7) is 1.99. The summed E-state index contributed by atoms with van der Waals surface area (Å²) in [7, 11) is -2.29. The van der Waals surface area contributed by atoms with Gasteiger partial charge >= 0.3 is 0 Å². The number of hydrogen-bond donors (Lipinski definition) is 4. The second kappa shape index (κ2) is 7.11. The van der Waals surface area contributed by atoms with Crippen LogP contribution in [0.5, 0.6) is 5.75 Å². The molecule has 0 unspecified atom stereocenters.